The lowest BCUT2D eigenvalue weighted by atomic mass is 9.98. The van der Waals surface area contributed by atoms with E-state index in [1.165, 1.54) is 11.1 Å². The van der Waals surface area contributed by atoms with E-state index in [1.54, 1.807) is 6.92 Å². The summed E-state index contributed by atoms with van der Waals surface area (Å²) < 4.78 is 5.55. The second-order valence-electron chi connectivity index (χ2n) is 9.65. The Labute approximate surface area is 207 Å². The van der Waals surface area contributed by atoms with Gasteiger partial charge in [-0.15, -0.1) is 0 Å². The number of carboxylic acids is 1. The second kappa shape index (κ2) is 12.4. The molecule has 2 amide bonds. The zero-order chi connectivity index (χ0) is 25.4. The van der Waals surface area contributed by atoms with Crippen molar-refractivity contribution in [3.8, 4) is 11.1 Å². The van der Waals surface area contributed by atoms with Crippen LogP contribution in [0.3, 0.4) is 0 Å². The Morgan fingerprint density at radius 1 is 0.943 bits per heavy atom. The maximum absolute atomic E-state index is 12.3. The molecule has 0 bridgehead atoms. The SMILES string of the molecule is CC(CNC(=O)OCC1c2ccccc2-c2ccccc21)CC(=O)NC(C)CCCC(C)C(=O)O. The molecule has 1 aliphatic rings. The minimum Gasteiger partial charge on any atom is -0.481 e. The molecule has 2 aromatic carbocycles. The predicted octanol–water partition coefficient (Wildman–Crippen LogP) is 4.95. The van der Waals surface area contributed by atoms with E-state index in [9.17, 15) is 14.4 Å². The summed E-state index contributed by atoms with van der Waals surface area (Å²) in [7, 11) is 0. The molecule has 35 heavy (non-hydrogen) atoms. The van der Waals surface area contributed by atoms with Crippen LogP contribution in [0.2, 0.25) is 0 Å². The number of aliphatic carboxylic acids is 1. The molecule has 188 valence electrons. The molecular weight excluding hydrogens is 444 g/mol. The smallest absolute Gasteiger partial charge is 0.407 e. The fraction of sp³-hybridized carbons (Fsp3) is 0.464. The lowest BCUT2D eigenvalue weighted by Gasteiger charge is -2.18. The summed E-state index contributed by atoms with van der Waals surface area (Å²) in [5, 5.41) is 14.7. The number of carboxylic acid groups (broad SMARTS) is 1. The van der Waals surface area contributed by atoms with Gasteiger partial charge in [-0.3, -0.25) is 9.59 Å². The van der Waals surface area contributed by atoms with E-state index in [2.05, 4.69) is 34.9 Å². The first-order valence-electron chi connectivity index (χ1n) is 12.4. The molecule has 3 unspecified atom stereocenters. The highest BCUT2D eigenvalue weighted by atomic mass is 16.5. The lowest BCUT2D eigenvalue weighted by Crippen LogP contribution is -2.36. The third-order valence-corrected chi connectivity index (χ3v) is 6.58. The van der Waals surface area contributed by atoms with E-state index in [0.29, 0.717) is 19.4 Å². The molecule has 0 saturated carbocycles. The maximum atomic E-state index is 12.3. The number of alkyl carbamates (subject to hydrolysis) is 1. The average molecular weight is 481 g/mol. The highest BCUT2D eigenvalue weighted by molar-refractivity contribution is 5.79. The van der Waals surface area contributed by atoms with E-state index in [1.807, 2.05) is 38.1 Å². The summed E-state index contributed by atoms with van der Waals surface area (Å²) >= 11 is 0. The normalized spacial score (nSPS) is 14.8. The van der Waals surface area contributed by atoms with Gasteiger partial charge in [-0.05, 0) is 47.9 Å². The molecule has 3 N–H and O–H groups in total. The van der Waals surface area contributed by atoms with Gasteiger partial charge >= 0.3 is 12.1 Å². The van der Waals surface area contributed by atoms with Crippen LogP contribution in [0.15, 0.2) is 48.5 Å². The first-order valence-corrected chi connectivity index (χ1v) is 12.4. The van der Waals surface area contributed by atoms with Crippen LogP contribution >= 0.6 is 0 Å². The van der Waals surface area contributed by atoms with Crippen molar-refractivity contribution in [3.63, 3.8) is 0 Å². The van der Waals surface area contributed by atoms with Crippen LogP contribution in [0.5, 0.6) is 0 Å². The quantitative estimate of drug-likeness (QED) is 0.399. The first-order chi connectivity index (χ1) is 16.8. The summed E-state index contributed by atoms with van der Waals surface area (Å²) in [4.78, 5) is 35.5. The Morgan fingerprint density at radius 3 is 2.14 bits per heavy atom. The van der Waals surface area contributed by atoms with Crippen LogP contribution in [0.1, 0.15) is 63.5 Å². The minimum atomic E-state index is -0.792. The molecule has 3 rings (SSSR count). The van der Waals surface area contributed by atoms with E-state index in [4.69, 9.17) is 9.84 Å². The summed E-state index contributed by atoms with van der Waals surface area (Å²) in [6.45, 7) is 6.11. The fourth-order valence-electron chi connectivity index (χ4n) is 4.56. The predicted molar refractivity (Wildman–Crippen MR) is 135 cm³/mol. The van der Waals surface area contributed by atoms with Gasteiger partial charge in [-0.25, -0.2) is 4.79 Å². The van der Waals surface area contributed by atoms with Crippen molar-refractivity contribution in [2.75, 3.05) is 13.2 Å². The monoisotopic (exact) mass is 480 g/mol. The van der Waals surface area contributed by atoms with Crippen molar-refractivity contribution < 1.29 is 24.2 Å². The first kappa shape index (κ1) is 26.3. The Morgan fingerprint density at radius 2 is 1.54 bits per heavy atom. The number of carbonyl (C=O) groups excluding carboxylic acids is 2. The molecule has 7 heteroatoms. The highest BCUT2D eigenvalue weighted by Gasteiger charge is 2.29. The third kappa shape index (κ3) is 7.31. The van der Waals surface area contributed by atoms with Crippen LogP contribution < -0.4 is 10.6 Å². The van der Waals surface area contributed by atoms with Gasteiger partial charge in [0, 0.05) is 24.9 Å². The third-order valence-electron chi connectivity index (χ3n) is 6.58. The van der Waals surface area contributed by atoms with Gasteiger partial charge in [-0.1, -0.05) is 68.8 Å². The number of amides is 2. The molecule has 1 aliphatic carbocycles. The van der Waals surface area contributed by atoms with Crippen LogP contribution in [-0.4, -0.2) is 42.3 Å². The summed E-state index contributed by atoms with van der Waals surface area (Å²) in [5.41, 5.74) is 4.70. The van der Waals surface area contributed by atoms with Gasteiger partial charge in [0.15, 0.2) is 0 Å². The van der Waals surface area contributed by atoms with Gasteiger partial charge in [0.25, 0.3) is 0 Å². The van der Waals surface area contributed by atoms with Crippen molar-refractivity contribution in [1.29, 1.82) is 0 Å². The van der Waals surface area contributed by atoms with Crippen molar-refractivity contribution in [2.45, 2.75) is 58.4 Å². The van der Waals surface area contributed by atoms with Crippen LogP contribution in [0, 0.1) is 11.8 Å². The molecule has 7 nitrogen and oxygen atoms in total. The van der Waals surface area contributed by atoms with Crippen LogP contribution in [0.25, 0.3) is 11.1 Å². The van der Waals surface area contributed by atoms with E-state index in [-0.39, 0.29) is 36.3 Å². The molecule has 0 spiro atoms. The number of ether oxygens (including phenoxy) is 1. The highest BCUT2D eigenvalue weighted by Crippen LogP contribution is 2.44. The molecule has 3 atom stereocenters. The molecule has 0 radical (unpaired) electrons. The average Bonchev–Trinajstić information content (AvgIpc) is 3.15. The molecule has 2 aromatic rings. The van der Waals surface area contributed by atoms with Gasteiger partial charge in [0.1, 0.15) is 6.61 Å². The van der Waals surface area contributed by atoms with Gasteiger partial charge in [0.2, 0.25) is 5.91 Å². The Bertz CT molecular complexity index is 992. The molecule has 0 aromatic heterocycles. The second-order valence-corrected chi connectivity index (χ2v) is 9.65. The summed E-state index contributed by atoms with van der Waals surface area (Å²) in [6, 6.07) is 16.4. The maximum Gasteiger partial charge on any atom is 0.407 e. The fourth-order valence-corrected chi connectivity index (χ4v) is 4.56. The molecular formula is C28H36N2O5. The van der Waals surface area contributed by atoms with Gasteiger partial charge < -0.3 is 20.5 Å². The summed E-state index contributed by atoms with van der Waals surface area (Å²) in [6.07, 6.45) is 1.87. The Balaban J connectivity index is 1.37. The van der Waals surface area contributed by atoms with Crippen LogP contribution in [0.4, 0.5) is 4.79 Å². The van der Waals surface area contributed by atoms with Crippen molar-refractivity contribution in [2.24, 2.45) is 11.8 Å². The number of hydrogen-bond acceptors (Lipinski definition) is 4. The standard InChI is InChI=1S/C28H36N2O5/c1-18(15-26(31)30-20(3)10-8-9-19(2)27(32)33)16-29-28(34)35-17-25-23-13-6-4-11-21(23)22-12-5-7-14-24(22)25/h4-7,11-14,18-20,25H,8-10,15-17H2,1-3H3,(H,29,34)(H,30,31)(H,32,33). The van der Waals surface area contributed by atoms with Gasteiger partial charge in [-0.2, -0.15) is 0 Å². The van der Waals surface area contributed by atoms with E-state index >= 15 is 0 Å². The number of rotatable bonds is 12. The van der Waals surface area contributed by atoms with Crippen molar-refractivity contribution in [1.82, 2.24) is 10.6 Å². The number of fused-ring (bicyclic) bond motifs is 3. The van der Waals surface area contributed by atoms with Crippen molar-refractivity contribution in [3.05, 3.63) is 59.7 Å². The zero-order valence-corrected chi connectivity index (χ0v) is 20.8. The number of hydrogen-bond donors (Lipinski definition) is 3. The molecule has 0 fully saturated rings. The largest absolute Gasteiger partial charge is 0.481 e. The molecule has 0 saturated heterocycles. The van der Waals surface area contributed by atoms with Gasteiger partial charge in [0.05, 0.1) is 5.92 Å². The Kier molecular flexibility index (Phi) is 9.29. The summed E-state index contributed by atoms with van der Waals surface area (Å²) in [5.74, 6) is -1.28. The molecule has 0 heterocycles. The lowest BCUT2D eigenvalue weighted by molar-refractivity contribution is -0.141. The Hall–Kier alpha value is -3.35. The van der Waals surface area contributed by atoms with Crippen molar-refractivity contribution >= 4 is 18.0 Å². The number of carbonyl (C=O) groups is 3. The zero-order valence-electron chi connectivity index (χ0n) is 20.8. The van der Waals surface area contributed by atoms with E-state index in [0.717, 1.165) is 24.0 Å². The number of benzene rings is 2. The number of nitrogens with one attached hydrogen (secondary N) is 2. The molecule has 0 aliphatic heterocycles. The minimum absolute atomic E-state index is 0.0105. The van der Waals surface area contributed by atoms with Crippen LogP contribution in [-0.2, 0) is 14.3 Å². The van der Waals surface area contributed by atoms with E-state index < -0.39 is 12.1 Å². The topological polar surface area (TPSA) is 105 Å².